The minimum Gasteiger partial charge on any atom is -0.488 e. The number of amides is 1. The molecule has 29 heavy (non-hydrogen) atoms. The number of carbonyl (C=O) groups is 2. The first kappa shape index (κ1) is 20.7. The summed E-state index contributed by atoms with van der Waals surface area (Å²) in [6, 6.07) is 13.4. The van der Waals surface area contributed by atoms with Gasteiger partial charge in [0.15, 0.2) is 0 Å². The molecular weight excluding hydrogens is 370 g/mol. The molecule has 1 aliphatic heterocycles. The Morgan fingerprint density at radius 1 is 1.07 bits per heavy atom. The lowest BCUT2D eigenvalue weighted by molar-refractivity contribution is 0.0224. The van der Waals surface area contributed by atoms with E-state index in [1.165, 1.54) is 7.11 Å². The lowest BCUT2D eigenvalue weighted by Gasteiger charge is -2.31. The van der Waals surface area contributed by atoms with Gasteiger partial charge in [-0.2, -0.15) is 0 Å². The van der Waals surface area contributed by atoms with Crippen LogP contribution in [0.4, 0.5) is 4.79 Å². The number of hydrogen-bond donors (Lipinski definition) is 0. The van der Waals surface area contributed by atoms with Crippen molar-refractivity contribution in [3.8, 4) is 5.75 Å². The fourth-order valence-corrected chi connectivity index (χ4v) is 3.19. The summed E-state index contributed by atoms with van der Waals surface area (Å²) in [5.41, 5.74) is 2.77. The third-order valence-electron chi connectivity index (χ3n) is 4.61. The Balaban J connectivity index is 1.82. The minimum absolute atomic E-state index is 0.354. The van der Waals surface area contributed by atoms with Gasteiger partial charge in [-0.05, 0) is 56.0 Å². The summed E-state index contributed by atoms with van der Waals surface area (Å²) in [6.07, 6.45) is 0.310. The van der Waals surface area contributed by atoms with Crippen molar-refractivity contribution < 1.29 is 23.8 Å². The summed E-state index contributed by atoms with van der Waals surface area (Å²) < 4.78 is 16.4. The molecule has 0 saturated heterocycles. The van der Waals surface area contributed by atoms with Crippen molar-refractivity contribution in [1.82, 2.24) is 4.90 Å². The average molecular weight is 397 g/mol. The van der Waals surface area contributed by atoms with Crippen LogP contribution in [-0.2, 0) is 29.0 Å². The number of methoxy groups -OCH3 is 1. The topological polar surface area (TPSA) is 65.1 Å². The maximum atomic E-state index is 12.4. The van der Waals surface area contributed by atoms with Gasteiger partial charge in [-0.1, -0.05) is 30.3 Å². The first-order valence-electron chi connectivity index (χ1n) is 9.65. The number of esters is 1. The molecule has 1 aliphatic rings. The zero-order valence-corrected chi connectivity index (χ0v) is 17.4. The van der Waals surface area contributed by atoms with Crippen molar-refractivity contribution in [2.45, 2.75) is 45.9 Å². The SMILES string of the molecule is COC(=O)c1cc2c(cc1OCc1ccccc1)CCN(C(=O)OC(C)(C)C)C2. The van der Waals surface area contributed by atoms with Crippen LogP contribution in [-0.4, -0.2) is 36.2 Å². The lowest BCUT2D eigenvalue weighted by atomic mass is 9.96. The highest BCUT2D eigenvalue weighted by Crippen LogP contribution is 2.30. The van der Waals surface area contributed by atoms with Gasteiger partial charge >= 0.3 is 12.1 Å². The van der Waals surface area contributed by atoms with Crippen molar-refractivity contribution >= 4 is 12.1 Å². The van der Waals surface area contributed by atoms with Crippen LogP contribution in [0.1, 0.15) is 47.8 Å². The number of hydrogen-bond acceptors (Lipinski definition) is 5. The fraction of sp³-hybridized carbons (Fsp3) is 0.391. The molecule has 0 atom stereocenters. The first-order valence-corrected chi connectivity index (χ1v) is 9.65. The number of nitrogens with zero attached hydrogens (tertiary/aromatic N) is 1. The van der Waals surface area contributed by atoms with Crippen molar-refractivity contribution in [1.29, 1.82) is 0 Å². The molecule has 0 unspecified atom stereocenters. The average Bonchev–Trinajstić information content (AvgIpc) is 2.70. The molecule has 0 spiro atoms. The second-order valence-corrected chi connectivity index (χ2v) is 8.03. The number of fused-ring (bicyclic) bond motifs is 1. The van der Waals surface area contributed by atoms with Gasteiger partial charge in [0, 0.05) is 13.1 Å². The normalized spacial score (nSPS) is 13.4. The van der Waals surface area contributed by atoms with E-state index < -0.39 is 11.6 Å². The molecule has 0 bridgehead atoms. The van der Waals surface area contributed by atoms with Crippen molar-refractivity contribution in [2.24, 2.45) is 0 Å². The van der Waals surface area contributed by atoms with Crippen molar-refractivity contribution in [3.05, 3.63) is 64.7 Å². The largest absolute Gasteiger partial charge is 0.488 e. The molecule has 3 rings (SSSR count). The van der Waals surface area contributed by atoms with E-state index in [2.05, 4.69) is 0 Å². The summed E-state index contributed by atoms with van der Waals surface area (Å²) in [4.78, 5) is 26.4. The summed E-state index contributed by atoms with van der Waals surface area (Å²) in [7, 11) is 1.34. The zero-order chi connectivity index (χ0) is 21.0. The molecule has 0 aliphatic carbocycles. The van der Waals surface area contributed by atoms with Crippen LogP contribution in [0.15, 0.2) is 42.5 Å². The Labute approximate surface area is 171 Å². The van der Waals surface area contributed by atoms with E-state index in [1.54, 1.807) is 11.0 Å². The lowest BCUT2D eigenvalue weighted by Crippen LogP contribution is -2.40. The van der Waals surface area contributed by atoms with Gasteiger partial charge < -0.3 is 19.1 Å². The molecule has 0 radical (unpaired) electrons. The van der Waals surface area contributed by atoms with E-state index in [0.717, 1.165) is 16.7 Å². The highest BCUT2D eigenvalue weighted by molar-refractivity contribution is 5.93. The maximum Gasteiger partial charge on any atom is 0.410 e. The molecule has 154 valence electrons. The van der Waals surface area contributed by atoms with E-state index in [4.69, 9.17) is 14.2 Å². The van der Waals surface area contributed by atoms with Crippen molar-refractivity contribution in [3.63, 3.8) is 0 Å². The molecule has 2 aromatic rings. The maximum absolute atomic E-state index is 12.4. The highest BCUT2D eigenvalue weighted by atomic mass is 16.6. The van der Waals surface area contributed by atoms with Crippen LogP contribution >= 0.6 is 0 Å². The minimum atomic E-state index is -0.552. The molecule has 0 saturated carbocycles. The predicted octanol–water partition coefficient (Wildman–Crippen LogP) is 4.35. The molecule has 0 aromatic heterocycles. The van der Waals surface area contributed by atoms with Crippen LogP contribution in [0.25, 0.3) is 0 Å². The Hall–Kier alpha value is -3.02. The Morgan fingerprint density at radius 2 is 1.79 bits per heavy atom. The van der Waals surface area contributed by atoms with Gasteiger partial charge in [0.2, 0.25) is 0 Å². The van der Waals surface area contributed by atoms with Gasteiger partial charge in [-0.25, -0.2) is 9.59 Å². The Morgan fingerprint density at radius 3 is 2.45 bits per heavy atom. The molecule has 6 nitrogen and oxygen atoms in total. The van der Waals surface area contributed by atoms with Gasteiger partial charge in [0.1, 0.15) is 23.5 Å². The quantitative estimate of drug-likeness (QED) is 0.718. The number of ether oxygens (including phenoxy) is 3. The second kappa shape index (κ2) is 8.55. The van der Waals surface area contributed by atoms with Crippen LogP contribution in [0.2, 0.25) is 0 Å². The van der Waals surface area contributed by atoms with E-state index in [1.807, 2.05) is 57.2 Å². The summed E-state index contributed by atoms with van der Waals surface area (Å²) in [5.74, 6) is 0.0235. The summed E-state index contributed by atoms with van der Waals surface area (Å²) in [5, 5.41) is 0. The highest BCUT2D eigenvalue weighted by Gasteiger charge is 2.27. The van der Waals surface area contributed by atoms with Crippen molar-refractivity contribution in [2.75, 3.05) is 13.7 Å². The third kappa shape index (κ3) is 5.28. The van der Waals surface area contributed by atoms with E-state index in [9.17, 15) is 9.59 Å². The van der Waals surface area contributed by atoms with Gasteiger partial charge in [-0.15, -0.1) is 0 Å². The van der Waals surface area contributed by atoms with Crippen LogP contribution in [0.3, 0.4) is 0 Å². The smallest absolute Gasteiger partial charge is 0.410 e. The third-order valence-corrected chi connectivity index (χ3v) is 4.61. The van der Waals surface area contributed by atoms with Gasteiger partial charge in [-0.3, -0.25) is 0 Å². The number of benzene rings is 2. The van der Waals surface area contributed by atoms with Crippen LogP contribution in [0, 0.1) is 0 Å². The number of rotatable bonds is 4. The van der Waals surface area contributed by atoms with E-state index in [-0.39, 0.29) is 6.09 Å². The monoisotopic (exact) mass is 397 g/mol. The molecule has 1 amide bonds. The second-order valence-electron chi connectivity index (χ2n) is 8.03. The van der Waals surface area contributed by atoms with Gasteiger partial charge in [0.25, 0.3) is 0 Å². The summed E-state index contributed by atoms with van der Waals surface area (Å²) in [6.45, 7) is 6.82. The first-order chi connectivity index (χ1) is 13.8. The fourth-order valence-electron chi connectivity index (χ4n) is 3.19. The molecule has 1 heterocycles. The molecule has 0 fully saturated rings. The Bertz CT molecular complexity index is 886. The van der Waals surface area contributed by atoms with Gasteiger partial charge in [0.05, 0.1) is 7.11 Å². The van der Waals surface area contributed by atoms with Crippen LogP contribution < -0.4 is 4.74 Å². The standard InChI is InChI=1S/C23H27NO5/c1-23(2,3)29-22(26)24-11-10-17-13-20(28-15-16-8-6-5-7-9-16)19(21(25)27-4)12-18(17)14-24/h5-9,12-13H,10-11,14-15H2,1-4H3. The predicted molar refractivity (Wildman–Crippen MR) is 109 cm³/mol. The summed E-state index contributed by atoms with van der Waals surface area (Å²) >= 11 is 0. The van der Waals surface area contributed by atoms with E-state index in [0.29, 0.717) is 37.4 Å². The molecule has 2 aromatic carbocycles. The number of carbonyl (C=O) groups excluding carboxylic acids is 2. The molecule has 6 heteroatoms. The van der Waals surface area contributed by atoms with Crippen LogP contribution in [0.5, 0.6) is 5.75 Å². The van der Waals surface area contributed by atoms with E-state index >= 15 is 0 Å². The Kier molecular flexibility index (Phi) is 6.11. The molecular formula is C23H27NO5. The zero-order valence-electron chi connectivity index (χ0n) is 17.4. The molecule has 0 N–H and O–H groups in total.